The first-order valence-corrected chi connectivity index (χ1v) is 9.68. The van der Waals surface area contributed by atoms with Crippen LogP contribution in [0.2, 0.25) is 5.02 Å². The first kappa shape index (κ1) is 22.4. The predicted molar refractivity (Wildman–Crippen MR) is 112 cm³/mol. The number of esters is 1. The lowest BCUT2D eigenvalue weighted by Gasteiger charge is -2.28. The quantitative estimate of drug-likeness (QED) is 0.667. The monoisotopic (exact) mass is 416 g/mol. The SMILES string of the molecule is COC(=O)CN(C(=O)CC(NC(=O)c1ccccc1Cl)c1ccccc1)C(C)C. The van der Waals surface area contributed by atoms with Crippen molar-refractivity contribution in [2.24, 2.45) is 0 Å². The molecule has 154 valence electrons. The molecule has 2 amide bonds. The van der Waals surface area contributed by atoms with Crippen LogP contribution in [0.15, 0.2) is 54.6 Å². The maximum Gasteiger partial charge on any atom is 0.325 e. The van der Waals surface area contributed by atoms with E-state index >= 15 is 0 Å². The zero-order valence-corrected chi connectivity index (χ0v) is 17.5. The molecule has 0 aliphatic rings. The fourth-order valence-electron chi connectivity index (χ4n) is 2.87. The first-order valence-electron chi connectivity index (χ1n) is 9.30. The molecule has 0 aromatic heterocycles. The van der Waals surface area contributed by atoms with Crippen molar-refractivity contribution in [1.82, 2.24) is 10.2 Å². The Hall–Kier alpha value is -2.86. The molecule has 2 aromatic carbocycles. The highest BCUT2D eigenvalue weighted by atomic mass is 35.5. The fourth-order valence-corrected chi connectivity index (χ4v) is 3.09. The second-order valence-corrected chi connectivity index (χ2v) is 7.22. The molecular weight excluding hydrogens is 392 g/mol. The van der Waals surface area contributed by atoms with Gasteiger partial charge in [-0.15, -0.1) is 0 Å². The molecular formula is C22H25ClN2O4. The van der Waals surface area contributed by atoms with Crippen LogP contribution in [-0.4, -0.2) is 42.4 Å². The number of nitrogens with one attached hydrogen (secondary N) is 1. The van der Waals surface area contributed by atoms with Gasteiger partial charge < -0.3 is 15.0 Å². The van der Waals surface area contributed by atoms with E-state index in [1.165, 1.54) is 12.0 Å². The average molecular weight is 417 g/mol. The molecule has 0 spiro atoms. The summed E-state index contributed by atoms with van der Waals surface area (Å²) in [4.78, 5) is 38.8. The van der Waals surface area contributed by atoms with E-state index in [4.69, 9.17) is 11.6 Å². The van der Waals surface area contributed by atoms with E-state index in [-0.39, 0.29) is 30.8 Å². The van der Waals surface area contributed by atoms with Crippen LogP contribution in [0.3, 0.4) is 0 Å². The lowest BCUT2D eigenvalue weighted by Crippen LogP contribution is -2.43. The van der Waals surface area contributed by atoms with Gasteiger partial charge in [-0.3, -0.25) is 14.4 Å². The second-order valence-electron chi connectivity index (χ2n) is 6.81. The minimum absolute atomic E-state index is 0.00458. The molecule has 0 heterocycles. The van der Waals surface area contributed by atoms with Crippen LogP contribution in [0.4, 0.5) is 0 Å². The molecule has 0 aliphatic carbocycles. The smallest absolute Gasteiger partial charge is 0.325 e. The van der Waals surface area contributed by atoms with Crippen molar-refractivity contribution in [2.45, 2.75) is 32.4 Å². The van der Waals surface area contributed by atoms with E-state index in [1.54, 1.807) is 24.3 Å². The van der Waals surface area contributed by atoms with Gasteiger partial charge in [-0.1, -0.05) is 54.1 Å². The molecule has 7 heteroatoms. The lowest BCUT2D eigenvalue weighted by molar-refractivity contribution is -0.148. The Balaban J connectivity index is 2.24. The lowest BCUT2D eigenvalue weighted by atomic mass is 10.0. The van der Waals surface area contributed by atoms with E-state index in [2.05, 4.69) is 10.1 Å². The highest BCUT2D eigenvalue weighted by Crippen LogP contribution is 2.21. The van der Waals surface area contributed by atoms with Gasteiger partial charge in [0.2, 0.25) is 5.91 Å². The summed E-state index contributed by atoms with van der Waals surface area (Å²) in [6.07, 6.45) is -0.00458. The number of carbonyl (C=O) groups excluding carboxylic acids is 3. The first-order chi connectivity index (χ1) is 13.8. The van der Waals surface area contributed by atoms with Crippen molar-refractivity contribution in [2.75, 3.05) is 13.7 Å². The molecule has 2 rings (SSSR count). The van der Waals surface area contributed by atoms with Gasteiger partial charge in [-0.05, 0) is 31.5 Å². The van der Waals surface area contributed by atoms with Gasteiger partial charge >= 0.3 is 5.97 Å². The standard InChI is InChI=1S/C22H25ClN2O4/c1-15(2)25(14-21(27)29-3)20(26)13-19(16-9-5-4-6-10-16)24-22(28)17-11-7-8-12-18(17)23/h4-12,15,19H,13-14H2,1-3H3,(H,24,28). The average Bonchev–Trinajstić information content (AvgIpc) is 2.71. The number of hydrogen-bond donors (Lipinski definition) is 1. The number of amides is 2. The summed E-state index contributed by atoms with van der Waals surface area (Å²) in [5.74, 6) is -1.14. The summed E-state index contributed by atoms with van der Waals surface area (Å²) in [6, 6.07) is 15.2. The summed E-state index contributed by atoms with van der Waals surface area (Å²) >= 11 is 6.13. The van der Waals surface area contributed by atoms with Crippen molar-refractivity contribution in [3.8, 4) is 0 Å². The third-order valence-corrected chi connectivity index (χ3v) is 4.80. The van der Waals surface area contributed by atoms with Crippen LogP contribution in [0.1, 0.15) is 42.2 Å². The largest absolute Gasteiger partial charge is 0.468 e. The number of nitrogens with zero attached hydrogens (tertiary/aromatic N) is 1. The van der Waals surface area contributed by atoms with Crippen molar-refractivity contribution in [3.05, 3.63) is 70.7 Å². The van der Waals surface area contributed by atoms with Crippen molar-refractivity contribution >= 4 is 29.4 Å². The van der Waals surface area contributed by atoms with Crippen LogP contribution >= 0.6 is 11.6 Å². The van der Waals surface area contributed by atoms with Gasteiger partial charge in [-0.2, -0.15) is 0 Å². The Morgan fingerprint density at radius 2 is 1.66 bits per heavy atom. The third-order valence-electron chi connectivity index (χ3n) is 4.48. The second kappa shape index (κ2) is 10.6. The number of halogens is 1. The minimum atomic E-state index is -0.577. The Morgan fingerprint density at radius 3 is 2.24 bits per heavy atom. The van der Waals surface area contributed by atoms with E-state index in [9.17, 15) is 14.4 Å². The molecule has 6 nitrogen and oxygen atoms in total. The van der Waals surface area contributed by atoms with Crippen molar-refractivity contribution in [1.29, 1.82) is 0 Å². The van der Waals surface area contributed by atoms with Crippen LogP contribution < -0.4 is 5.32 Å². The summed E-state index contributed by atoms with van der Waals surface area (Å²) < 4.78 is 4.69. The normalized spacial score (nSPS) is 11.6. The molecule has 2 aromatic rings. The van der Waals surface area contributed by atoms with E-state index in [0.29, 0.717) is 10.6 Å². The molecule has 0 saturated carbocycles. The molecule has 29 heavy (non-hydrogen) atoms. The van der Waals surface area contributed by atoms with Crippen LogP contribution in [0.5, 0.6) is 0 Å². The maximum absolute atomic E-state index is 12.9. The zero-order chi connectivity index (χ0) is 21.4. The van der Waals surface area contributed by atoms with E-state index in [0.717, 1.165) is 5.56 Å². The van der Waals surface area contributed by atoms with Crippen LogP contribution in [-0.2, 0) is 14.3 Å². The number of rotatable bonds is 8. The Morgan fingerprint density at radius 1 is 1.03 bits per heavy atom. The van der Waals surface area contributed by atoms with Gasteiger partial charge in [0.15, 0.2) is 0 Å². The zero-order valence-electron chi connectivity index (χ0n) is 16.7. The van der Waals surface area contributed by atoms with Crippen LogP contribution in [0, 0.1) is 0 Å². The summed E-state index contributed by atoms with van der Waals surface area (Å²) in [5, 5.41) is 3.23. The van der Waals surface area contributed by atoms with Crippen molar-refractivity contribution < 1.29 is 19.1 Å². The summed E-state index contributed by atoms with van der Waals surface area (Å²) in [6.45, 7) is 3.49. The number of methoxy groups -OCH3 is 1. The predicted octanol–water partition coefficient (Wildman–Crippen LogP) is 3.61. The van der Waals surface area contributed by atoms with Gasteiger partial charge in [0.05, 0.1) is 30.2 Å². The molecule has 1 N–H and O–H groups in total. The van der Waals surface area contributed by atoms with Gasteiger partial charge in [0, 0.05) is 6.04 Å². The maximum atomic E-state index is 12.9. The fraction of sp³-hybridized carbons (Fsp3) is 0.318. The number of benzene rings is 2. The molecule has 0 aliphatic heterocycles. The summed E-state index contributed by atoms with van der Waals surface area (Å²) in [7, 11) is 1.28. The highest BCUT2D eigenvalue weighted by Gasteiger charge is 2.26. The molecule has 0 saturated heterocycles. The van der Waals surface area contributed by atoms with Gasteiger partial charge in [0.1, 0.15) is 6.54 Å². The molecule has 0 fully saturated rings. The third kappa shape index (κ3) is 6.32. The topological polar surface area (TPSA) is 75.7 Å². The Bertz CT molecular complexity index is 855. The summed E-state index contributed by atoms with van der Waals surface area (Å²) in [5.41, 5.74) is 1.11. The van der Waals surface area contributed by atoms with Gasteiger partial charge in [0.25, 0.3) is 5.91 Å². The Kier molecular flexibility index (Phi) is 8.21. The molecule has 0 radical (unpaired) electrons. The number of ether oxygens (including phenoxy) is 1. The number of carbonyl (C=O) groups is 3. The molecule has 1 unspecified atom stereocenters. The number of hydrogen-bond acceptors (Lipinski definition) is 4. The van der Waals surface area contributed by atoms with E-state index in [1.807, 2.05) is 44.2 Å². The van der Waals surface area contributed by atoms with Crippen molar-refractivity contribution in [3.63, 3.8) is 0 Å². The minimum Gasteiger partial charge on any atom is -0.468 e. The highest BCUT2D eigenvalue weighted by molar-refractivity contribution is 6.33. The molecule has 1 atom stereocenters. The molecule has 0 bridgehead atoms. The Labute approximate surface area is 175 Å². The van der Waals surface area contributed by atoms with Gasteiger partial charge in [-0.25, -0.2) is 0 Å². The van der Waals surface area contributed by atoms with E-state index < -0.39 is 12.0 Å². The van der Waals surface area contributed by atoms with Crippen LogP contribution in [0.25, 0.3) is 0 Å².